The van der Waals surface area contributed by atoms with Gasteiger partial charge in [-0.3, -0.25) is 14.3 Å². The van der Waals surface area contributed by atoms with Crippen LogP contribution in [0.5, 0.6) is 0 Å². The first-order valence-corrected chi connectivity index (χ1v) is 7.65. The number of aromatic nitrogens is 2. The zero-order valence-corrected chi connectivity index (χ0v) is 14.0. The Hall–Kier alpha value is -1.82. The fraction of sp³-hybridized carbons (Fsp3) is 0.625. The normalized spacial score (nSPS) is 21.8. The Labute approximate surface area is 130 Å². The van der Waals surface area contributed by atoms with E-state index in [2.05, 4.69) is 9.88 Å². The molecule has 0 aliphatic carbocycles. The van der Waals surface area contributed by atoms with Crippen LogP contribution in [0.4, 0.5) is 5.82 Å². The summed E-state index contributed by atoms with van der Waals surface area (Å²) in [7, 11) is 1.50. The fourth-order valence-electron chi connectivity index (χ4n) is 2.78. The molecule has 1 aromatic heterocycles. The second-order valence-electron chi connectivity index (χ2n) is 6.27. The summed E-state index contributed by atoms with van der Waals surface area (Å²) >= 11 is 0. The van der Waals surface area contributed by atoms with Gasteiger partial charge in [0.05, 0.1) is 17.8 Å². The van der Waals surface area contributed by atoms with Gasteiger partial charge in [-0.2, -0.15) is 0 Å². The zero-order chi connectivity index (χ0) is 16.4. The number of nitrogens with zero attached hydrogens (tertiary/aromatic N) is 2. The predicted octanol–water partition coefficient (Wildman–Crippen LogP) is 1.20. The van der Waals surface area contributed by atoms with Crippen LogP contribution in [0.3, 0.4) is 0 Å². The van der Waals surface area contributed by atoms with Crippen LogP contribution in [0.2, 0.25) is 0 Å². The molecule has 6 heteroatoms. The van der Waals surface area contributed by atoms with Gasteiger partial charge in [-0.1, -0.05) is 11.6 Å². The van der Waals surface area contributed by atoms with Crippen molar-refractivity contribution in [1.82, 2.24) is 9.55 Å². The monoisotopic (exact) mass is 307 g/mol. The largest absolute Gasteiger partial charge is 0.372 e. The van der Waals surface area contributed by atoms with Crippen LogP contribution in [0.15, 0.2) is 21.2 Å². The van der Waals surface area contributed by atoms with Gasteiger partial charge in [0, 0.05) is 20.1 Å². The lowest BCUT2D eigenvalue weighted by molar-refractivity contribution is -0.00553. The molecular weight excluding hydrogens is 282 g/mol. The van der Waals surface area contributed by atoms with Crippen LogP contribution in [-0.2, 0) is 18.2 Å². The van der Waals surface area contributed by atoms with E-state index < -0.39 is 0 Å². The van der Waals surface area contributed by atoms with E-state index >= 15 is 0 Å². The maximum atomic E-state index is 12.5. The number of ether oxygens (including phenoxy) is 1. The summed E-state index contributed by atoms with van der Waals surface area (Å²) in [4.78, 5) is 29.4. The van der Waals surface area contributed by atoms with Gasteiger partial charge in [0.1, 0.15) is 5.82 Å². The summed E-state index contributed by atoms with van der Waals surface area (Å²) in [6.45, 7) is 9.31. The van der Waals surface area contributed by atoms with Gasteiger partial charge in [-0.25, -0.2) is 4.79 Å². The summed E-state index contributed by atoms with van der Waals surface area (Å²) in [5, 5.41) is 0. The molecule has 1 saturated heterocycles. The molecule has 1 aromatic rings. The number of H-pyrrole nitrogens is 1. The van der Waals surface area contributed by atoms with Gasteiger partial charge in [-0.15, -0.1) is 0 Å². The molecular formula is C16H25N3O3. The summed E-state index contributed by atoms with van der Waals surface area (Å²) in [5.41, 5.74) is 1.16. The van der Waals surface area contributed by atoms with Crippen LogP contribution in [0, 0.1) is 0 Å². The Morgan fingerprint density at radius 3 is 2.41 bits per heavy atom. The van der Waals surface area contributed by atoms with Crippen LogP contribution in [0.25, 0.3) is 0 Å². The van der Waals surface area contributed by atoms with Gasteiger partial charge < -0.3 is 9.64 Å². The first-order chi connectivity index (χ1) is 10.3. The quantitative estimate of drug-likeness (QED) is 0.852. The summed E-state index contributed by atoms with van der Waals surface area (Å²) in [6.07, 6.45) is 2.65. The average molecular weight is 307 g/mol. The summed E-state index contributed by atoms with van der Waals surface area (Å²) in [6, 6.07) is 0. The van der Waals surface area contributed by atoms with Gasteiger partial charge in [0.15, 0.2) is 0 Å². The van der Waals surface area contributed by atoms with Crippen molar-refractivity contribution < 1.29 is 4.74 Å². The predicted molar refractivity (Wildman–Crippen MR) is 87.7 cm³/mol. The minimum atomic E-state index is -0.382. The number of aromatic amines is 1. The number of morpholine rings is 1. The number of nitrogens with one attached hydrogen (secondary N) is 1. The molecule has 2 heterocycles. The minimum Gasteiger partial charge on any atom is -0.372 e. The van der Waals surface area contributed by atoms with E-state index in [1.165, 1.54) is 7.05 Å². The smallest absolute Gasteiger partial charge is 0.329 e. The SMILES string of the molecule is CC(C)=CCc1c(N2CC(C)OC(C)C2)[nH]c(=O)n(C)c1=O. The average Bonchev–Trinajstić information content (AvgIpc) is 2.42. The number of hydrogen-bond donors (Lipinski definition) is 1. The molecule has 0 amide bonds. The third kappa shape index (κ3) is 3.50. The Morgan fingerprint density at radius 1 is 1.27 bits per heavy atom. The number of allylic oxidation sites excluding steroid dienone is 2. The van der Waals surface area contributed by atoms with Crippen LogP contribution >= 0.6 is 0 Å². The molecule has 6 nitrogen and oxygen atoms in total. The van der Waals surface area contributed by atoms with Crippen molar-refractivity contribution in [3.63, 3.8) is 0 Å². The summed E-state index contributed by atoms with van der Waals surface area (Å²) in [5.74, 6) is 0.632. The number of anilines is 1. The minimum absolute atomic E-state index is 0.0626. The standard InChI is InChI=1S/C16H25N3O3/c1-10(2)6-7-13-14(17-16(21)18(5)15(13)20)19-8-11(3)22-12(4)9-19/h6,11-12H,7-9H2,1-5H3,(H,17,21). The van der Waals surface area contributed by atoms with Crippen molar-refractivity contribution in [3.8, 4) is 0 Å². The summed E-state index contributed by atoms with van der Waals surface area (Å²) < 4.78 is 6.86. The van der Waals surface area contributed by atoms with Crippen molar-refractivity contribution in [2.45, 2.75) is 46.3 Å². The molecule has 0 radical (unpaired) electrons. The van der Waals surface area contributed by atoms with E-state index in [4.69, 9.17) is 4.74 Å². The molecule has 1 N–H and O–H groups in total. The molecule has 0 saturated carbocycles. The topological polar surface area (TPSA) is 67.3 Å². The Bertz CT molecular complexity index is 673. The maximum Gasteiger partial charge on any atom is 0.329 e. The van der Waals surface area contributed by atoms with Gasteiger partial charge in [0.2, 0.25) is 0 Å². The zero-order valence-electron chi connectivity index (χ0n) is 14.0. The Morgan fingerprint density at radius 2 is 1.86 bits per heavy atom. The molecule has 1 fully saturated rings. The molecule has 1 aliphatic heterocycles. The lowest BCUT2D eigenvalue weighted by Gasteiger charge is -2.37. The van der Waals surface area contributed by atoms with Crippen LogP contribution in [-0.4, -0.2) is 34.8 Å². The van der Waals surface area contributed by atoms with Crippen LogP contribution < -0.4 is 16.1 Å². The first kappa shape index (κ1) is 16.5. The van der Waals surface area contributed by atoms with Gasteiger partial charge in [0.25, 0.3) is 5.56 Å². The van der Waals surface area contributed by atoms with Crippen molar-refractivity contribution in [1.29, 1.82) is 0 Å². The third-order valence-corrected chi connectivity index (χ3v) is 3.83. The van der Waals surface area contributed by atoms with Gasteiger partial charge in [-0.05, 0) is 34.1 Å². The van der Waals surface area contributed by atoms with E-state index in [0.29, 0.717) is 30.9 Å². The maximum absolute atomic E-state index is 12.5. The number of rotatable bonds is 3. The Kier molecular flexibility index (Phi) is 4.90. The third-order valence-electron chi connectivity index (χ3n) is 3.83. The molecule has 2 unspecified atom stereocenters. The van der Waals surface area contributed by atoms with E-state index in [-0.39, 0.29) is 23.5 Å². The fourth-order valence-corrected chi connectivity index (χ4v) is 2.78. The van der Waals surface area contributed by atoms with E-state index in [0.717, 1.165) is 10.1 Å². The molecule has 2 rings (SSSR count). The lowest BCUT2D eigenvalue weighted by atomic mass is 10.1. The second kappa shape index (κ2) is 6.52. The lowest BCUT2D eigenvalue weighted by Crippen LogP contribution is -2.48. The molecule has 1 aliphatic rings. The van der Waals surface area contributed by atoms with Crippen LogP contribution in [0.1, 0.15) is 33.3 Å². The first-order valence-electron chi connectivity index (χ1n) is 7.65. The molecule has 122 valence electrons. The highest BCUT2D eigenvalue weighted by atomic mass is 16.5. The highest BCUT2D eigenvalue weighted by Crippen LogP contribution is 2.20. The van der Waals surface area contributed by atoms with Crippen molar-refractivity contribution in [3.05, 3.63) is 38.1 Å². The van der Waals surface area contributed by atoms with E-state index in [1.54, 1.807) is 0 Å². The highest BCUT2D eigenvalue weighted by Gasteiger charge is 2.26. The molecule has 0 aromatic carbocycles. The van der Waals surface area contributed by atoms with E-state index in [1.807, 2.05) is 33.8 Å². The Balaban J connectivity index is 2.51. The van der Waals surface area contributed by atoms with Crippen molar-refractivity contribution in [2.24, 2.45) is 7.05 Å². The molecule has 0 bridgehead atoms. The molecule has 0 spiro atoms. The van der Waals surface area contributed by atoms with Gasteiger partial charge >= 0.3 is 5.69 Å². The van der Waals surface area contributed by atoms with Crippen molar-refractivity contribution in [2.75, 3.05) is 18.0 Å². The van der Waals surface area contributed by atoms with E-state index in [9.17, 15) is 9.59 Å². The second-order valence-corrected chi connectivity index (χ2v) is 6.27. The highest BCUT2D eigenvalue weighted by molar-refractivity contribution is 5.47. The molecule has 22 heavy (non-hydrogen) atoms. The molecule has 2 atom stereocenters. The number of hydrogen-bond acceptors (Lipinski definition) is 4. The van der Waals surface area contributed by atoms with Crippen molar-refractivity contribution >= 4 is 5.82 Å².